The van der Waals surface area contributed by atoms with Gasteiger partial charge in [0.25, 0.3) is 0 Å². The molecule has 2 N–H and O–H groups in total. The zero-order valence-electron chi connectivity index (χ0n) is 10.4. The van der Waals surface area contributed by atoms with Crippen molar-refractivity contribution in [1.82, 2.24) is 0 Å². The number of nitrogens with one attached hydrogen (secondary N) is 1. The molecular weight excluding hydrogens is 254 g/mol. The molecule has 1 aromatic carbocycles. The number of benzene rings is 1. The number of para-hydroxylation sites is 1. The lowest BCUT2D eigenvalue weighted by Gasteiger charge is -2.16. The van der Waals surface area contributed by atoms with Crippen LogP contribution in [0, 0.1) is 0 Å². The minimum Gasteiger partial charge on any atom is -0.481 e. The topological polar surface area (TPSA) is 83.5 Å². The van der Waals surface area contributed by atoms with Crippen molar-refractivity contribution in [2.45, 2.75) is 31.2 Å². The van der Waals surface area contributed by atoms with Crippen molar-refractivity contribution >= 4 is 21.5 Å². The minimum absolute atomic E-state index is 0.0129. The maximum Gasteiger partial charge on any atom is 0.305 e. The average Bonchev–Trinajstić information content (AvgIpc) is 2.28. The first kappa shape index (κ1) is 14.5. The van der Waals surface area contributed by atoms with E-state index in [1.165, 1.54) is 6.07 Å². The van der Waals surface area contributed by atoms with Gasteiger partial charge in [0, 0.05) is 6.04 Å². The van der Waals surface area contributed by atoms with Gasteiger partial charge >= 0.3 is 5.97 Å². The second kappa shape index (κ2) is 5.86. The number of carboxylic acid groups (broad SMARTS) is 1. The van der Waals surface area contributed by atoms with Crippen molar-refractivity contribution < 1.29 is 18.3 Å². The fourth-order valence-corrected chi connectivity index (χ4v) is 2.65. The van der Waals surface area contributed by atoms with Gasteiger partial charge in [-0.25, -0.2) is 8.42 Å². The molecule has 0 aromatic heterocycles. The third kappa shape index (κ3) is 3.73. The molecule has 0 radical (unpaired) electrons. The first-order valence-corrected chi connectivity index (χ1v) is 7.32. The van der Waals surface area contributed by atoms with Gasteiger partial charge in [0.15, 0.2) is 9.84 Å². The van der Waals surface area contributed by atoms with E-state index in [-0.39, 0.29) is 23.1 Å². The summed E-state index contributed by atoms with van der Waals surface area (Å²) in [5.74, 6) is -0.912. The molecule has 1 atom stereocenters. The number of sulfone groups is 1. The number of carbonyl (C=O) groups is 1. The SMILES string of the molecule is CCS(=O)(=O)c1ccccc1NC(C)CC(=O)O. The highest BCUT2D eigenvalue weighted by Crippen LogP contribution is 2.23. The Kier molecular flexibility index (Phi) is 4.72. The number of hydrogen-bond donors (Lipinski definition) is 2. The van der Waals surface area contributed by atoms with Crippen LogP contribution in [0.1, 0.15) is 20.3 Å². The second-order valence-corrected chi connectivity index (χ2v) is 6.29. The number of hydrogen-bond acceptors (Lipinski definition) is 4. The molecule has 0 spiro atoms. The lowest BCUT2D eigenvalue weighted by atomic mass is 10.2. The standard InChI is InChI=1S/C12H17NO4S/c1-3-18(16,17)11-7-5-4-6-10(11)13-9(2)8-12(14)15/h4-7,9,13H,3,8H2,1-2H3,(H,14,15). The summed E-state index contributed by atoms with van der Waals surface area (Å²) >= 11 is 0. The molecule has 1 unspecified atom stereocenters. The average molecular weight is 271 g/mol. The van der Waals surface area contributed by atoms with Gasteiger partial charge in [0.2, 0.25) is 0 Å². The van der Waals surface area contributed by atoms with Gasteiger partial charge in [0.05, 0.1) is 22.8 Å². The Morgan fingerprint density at radius 3 is 2.56 bits per heavy atom. The first-order valence-electron chi connectivity index (χ1n) is 5.67. The van der Waals surface area contributed by atoms with E-state index in [9.17, 15) is 13.2 Å². The number of rotatable bonds is 6. The molecule has 0 bridgehead atoms. The molecular formula is C12H17NO4S. The summed E-state index contributed by atoms with van der Waals surface area (Å²) in [7, 11) is -3.31. The monoisotopic (exact) mass is 271 g/mol. The van der Waals surface area contributed by atoms with Crippen LogP contribution in [0.4, 0.5) is 5.69 Å². The van der Waals surface area contributed by atoms with Crippen LogP contribution in [0.3, 0.4) is 0 Å². The highest BCUT2D eigenvalue weighted by Gasteiger charge is 2.17. The van der Waals surface area contributed by atoms with Crippen molar-refractivity contribution in [3.05, 3.63) is 24.3 Å². The van der Waals surface area contributed by atoms with Gasteiger partial charge in [-0.15, -0.1) is 0 Å². The van der Waals surface area contributed by atoms with Crippen LogP contribution in [0.5, 0.6) is 0 Å². The first-order chi connectivity index (χ1) is 8.36. The van der Waals surface area contributed by atoms with Crippen LogP contribution < -0.4 is 5.32 Å². The van der Waals surface area contributed by atoms with Gasteiger partial charge < -0.3 is 10.4 Å². The van der Waals surface area contributed by atoms with E-state index in [1.807, 2.05) is 0 Å². The van der Waals surface area contributed by atoms with Crippen molar-refractivity contribution in [2.75, 3.05) is 11.1 Å². The largest absolute Gasteiger partial charge is 0.481 e. The highest BCUT2D eigenvalue weighted by atomic mass is 32.2. The molecule has 0 saturated heterocycles. The van der Waals surface area contributed by atoms with E-state index < -0.39 is 15.8 Å². The quantitative estimate of drug-likeness (QED) is 0.823. The summed E-state index contributed by atoms with van der Waals surface area (Å²) in [6.07, 6.45) is -0.0689. The van der Waals surface area contributed by atoms with Gasteiger partial charge in [-0.3, -0.25) is 4.79 Å². The molecule has 0 fully saturated rings. The minimum atomic E-state index is -3.31. The van der Waals surface area contributed by atoms with Gasteiger partial charge in [-0.2, -0.15) is 0 Å². The zero-order valence-corrected chi connectivity index (χ0v) is 11.2. The van der Waals surface area contributed by atoms with E-state index >= 15 is 0 Å². The summed E-state index contributed by atoms with van der Waals surface area (Å²) in [5, 5.41) is 11.6. The summed E-state index contributed by atoms with van der Waals surface area (Å²) in [5.41, 5.74) is 0.452. The third-order valence-electron chi connectivity index (χ3n) is 2.48. The molecule has 0 aliphatic rings. The third-order valence-corrected chi connectivity index (χ3v) is 4.27. The van der Waals surface area contributed by atoms with Gasteiger partial charge in [-0.05, 0) is 19.1 Å². The summed E-state index contributed by atoms with van der Waals surface area (Å²) in [6, 6.07) is 6.19. The van der Waals surface area contributed by atoms with E-state index in [2.05, 4.69) is 5.32 Å². The van der Waals surface area contributed by atoms with Crippen molar-refractivity contribution in [3.63, 3.8) is 0 Å². The van der Waals surface area contributed by atoms with Crippen LogP contribution >= 0.6 is 0 Å². The zero-order chi connectivity index (χ0) is 13.8. The van der Waals surface area contributed by atoms with Crippen LogP contribution in [0.2, 0.25) is 0 Å². The molecule has 0 heterocycles. The molecule has 18 heavy (non-hydrogen) atoms. The van der Waals surface area contributed by atoms with Crippen LogP contribution in [0.15, 0.2) is 29.2 Å². The van der Waals surface area contributed by atoms with Crippen molar-refractivity contribution in [3.8, 4) is 0 Å². The lowest BCUT2D eigenvalue weighted by molar-refractivity contribution is -0.137. The Morgan fingerprint density at radius 1 is 1.39 bits per heavy atom. The van der Waals surface area contributed by atoms with Gasteiger partial charge in [-0.1, -0.05) is 19.1 Å². The number of aliphatic carboxylic acids is 1. The maximum absolute atomic E-state index is 11.9. The van der Waals surface area contributed by atoms with E-state index in [0.717, 1.165) is 0 Å². The molecule has 1 rings (SSSR count). The summed E-state index contributed by atoms with van der Waals surface area (Å²) in [4.78, 5) is 10.8. The smallest absolute Gasteiger partial charge is 0.305 e. The van der Waals surface area contributed by atoms with Crippen molar-refractivity contribution in [1.29, 1.82) is 0 Å². The van der Waals surface area contributed by atoms with Crippen LogP contribution in [0.25, 0.3) is 0 Å². The van der Waals surface area contributed by atoms with Crippen LogP contribution in [-0.4, -0.2) is 31.3 Å². The molecule has 1 aromatic rings. The van der Waals surface area contributed by atoms with E-state index in [0.29, 0.717) is 5.69 Å². The Morgan fingerprint density at radius 2 is 2.00 bits per heavy atom. The predicted octanol–water partition coefficient (Wildman–Crippen LogP) is 1.76. The lowest BCUT2D eigenvalue weighted by Crippen LogP contribution is -2.21. The van der Waals surface area contributed by atoms with E-state index in [1.54, 1.807) is 32.0 Å². The fraction of sp³-hybridized carbons (Fsp3) is 0.417. The summed E-state index contributed by atoms with van der Waals surface area (Å²) in [6.45, 7) is 3.27. The Balaban J connectivity index is 3.00. The summed E-state index contributed by atoms with van der Waals surface area (Å²) < 4.78 is 23.7. The van der Waals surface area contributed by atoms with Gasteiger partial charge in [0.1, 0.15) is 0 Å². The molecule has 0 amide bonds. The Labute approximate surface area is 107 Å². The normalized spacial score (nSPS) is 13.0. The van der Waals surface area contributed by atoms with Crippen molar-refractivity contribution in [2.24, 2.45) is 0 Å². The number of carboxylic acids is 1. The Hall–Kier alpha value is -1.56. The van der Waals surface area contributed by atoms with Crippen LogP contribution in [-0.2, 0) is 14.6 Å². The predicted molar refractivity (Wildman–Crippen MR) is 69.5 cm³/mol. The molecule has 6 heteroatoms. The molecule has 5 nitrogen and oxygen atoms in total. The molecule has 0 aliphatic heterocycles. The second-order valence-electron chi connectivity index (χ2n) is 4.04. The Bertz CT molecular complexity index is 525. The molecule has 100 valence electrons. The fourth-order valence-electron chi connectivity index (χ4n) is 1.59. The number of anilines is 1. The maximum atomic E-state index is 11.9. The molecule has 0 saturated carbocycles. The van der Waals surface area contributed by atoms with E-state index in [4.69, 9.17) is 5.11 Å². The molecule has 0 aliphatic carbocycles. The highest BCUT2D eigenvalue weighted by molar-refractivity contribution is 7.91.